The van der Waals surface area contributed by atoms with Crippen molar-refractivity contribution in [3.63, 3.8) is 0 Å². The molecule has 0 saturated heterocycles. The first kappa shape index (κ1) is 12.0. The Kier molecular flexibility index (Phi) is 3.07. The number of hydrogen-bond donors (Lipinski definition) is 1. The minimum atomic E-state index is -0.220. The van der Waals surface area contributed by atoms with Gasteiger partial charge in [-0.3, -0.25) is 4.57 Å². The number of aromatic nitrogens is 2. The van der Waals surface area contributed by atoms with Crippen LogP contribution in [-0.2, 0) is 5.54 Å². The van der Waals surface area contributed by atoms with Gasteiger partial charge in [0.1, 0.15) is 6.33 Å². The van der Waals surface area contributed by atoms with E-state index in [0.717, 1.165) is 25.7 Å². The summed E-state index contributed by atoms with van der Waals surface area (Å²) in [5.74, 6) is 0. The standard InChI is InChI=1S/C15H17N3O/c19-14(18-11-10-16-12-18)17-15(8-4-5-9-15)13-6-2-1-3-7-13/h1-3,6-7,10-12H,4-5,8-9H2,(H,17,19). The summed E-state index contributed by atoms with van der Waals surface area (Å²) in [6, 6.07) is 10.1. The Morgan fingerprint density at radius 2 is 1.95 bits per heavy atom. The van der Waals surface area contributed by atoms with Crippen LogP contribution in [0.2, 0.25) is 0 Å². The molecule has 1 aliphatic rings. The Hall–Kier alpha value is -2.10. The van der Waals surface area contributed by atoms with Gasteiger partial charge in [0, 0.05) is 12.4 Å². The number of nitrogens with one attached hydrogen (secondary N) is 1. The molecule has 0 atom stereocenters. The average Bonchev–Trinajstić information content (AvgIpc) is 3.11. The summed E-state index contributed by atoms with van der Waals surface area (Å²) in [6.45, 7) is 0. The van der Waals surface area contributed by atoms with E-state index in [0.29, 0.717) is 0 Å². The van der Waals surface area contributed by atoms with Crippen molar-refractivity contribution in [2.75, 3.05) is 0 Å². The smallest absolute Gasteiger partial charge is 0.327 e. The summed E-state index contributed by atoms with van der Waals surface area (Å²) in [7, 11) is 0. The van der Waals surface area contributed by atoms with E-state index < -0.39 is 0 Å². The molecule has 1 saturated carbocycles. The van der Waals surface area contributed by atoms with E-state index in [-0.39, 0.29) is 11.6 Å². The van der Waals surface area contributed by atoms with Gasteiger partial charge in [0.05, 0.1) is 5.54 Å². The quantitative estimate of drug-likeness (QED) is 0.896. The Bertz CT molecular complexity index is 542. The average molecular weight is 255 g/mol. The maximum atomic E-state index is 12.3. The summed E-state index contributed by atoms with van der Waals surface area (Å²) in [5.41, 5.74) is 0.976. The molecule has 0 bridgehead atoms. The molecule has 2 aromatic rings. The summed E-state index contributed by atoms with van der Waals surface area (Å²) in [5, 5.41) is 3.20. The third kappa shape index (κ3) is 2.26. The SMILES string of the molecule is O=C(NC1(c2ccccc2)CCCC1)n1ccnc1. The lowest BCUT2D eigenvalue weighted by Gasteiger charge is -2.31. The van der Waals surface area contributed by atoms with Crippen LogP contribution in [0.5, 0.6) is 0 Å². The predicted molar refractivity (Wildman–Crippen MR) is 72.7 cm³/mol. The van der Waals surface area contributed by atoms with Crippen molar-refractivity contribution in [2.24, 2.45) is 0 Å². The molecular weight excluding hydrogens is 238 g/mol. The van der Waals surface area contributed by atoms with Crippen molar-refractivity contribution in [3.8, 4) is 0 Å². The highest BCUT2D eigenvalue weighted by molar-refractivity contribution is 5.77. The molecule has 3 rings (SSSR count). The Morgan fingerprint density at radius 1 is 1.21 bits per heavy atom. The molecule has 0 radical (unpaired) electrons. The van der Waals surface area contributed by atoms with E-state index in [9.17, 15) is 4.79 Å². The number of rotatable bonds is 2. The second-order valence-corrected chi connectivity index (χ2v) is 5.06. The van der Waals surface area contributed by atoms with Crippen molar-refractivity contribution in [2.45, 2.75) is 31.2 Å². The first-order chi connectivity index (χ1) is 9.30. The Morgan fingerprint density at radius 3 is 2.58 bits per heavy atom. The van der Waals surface area contributed by atoms with Gasteiger partial charge >= 0.3 is 6.03 Å². The zero-order chi connectivity index (χ0) is 13.1. The van der Waals surface area contributed by atoms with Crippen LogP contribution in [0.15, 0.2) is 49.1 Å². The number of nitrogens with zero attached hydrogens (tertiary/aromatic N) is 2. The van der Waals surface area contributed by atoms with Crippen LogP contribution in [0.1, 0.15) is 31.2 Å². The first-order valence-corrected chi connectivity index (χ1v) is 6.66. The molecule has 1 fully saturated rings. The second-order valence-electron chi connectivity index (χ2n) is 5.06. The molecule has 4 heteroatoms. The second kappa shape index (κ2) is 4.88. The van der Waals surface area contributed by atoms with E-state index in [2.05, 4.69) is 22.4 Å². The van der Waals surface area contributed by atoms with Gasteiger partial charge in [-0.1, -0.05) is 43.2 Å². The summed E-state index contributed by atoms with van der Waals surface area (Å²) >= 11 is 0. The van der Waals surface area contributed by atoms with Crippen LogP contribution in [0, 0.1) is 0 Å². The van der Waals surface area contributed by atoms with Gasteiger partial charge in [-0.05, 0) is 18.4 Å². The summed E-state index contributed by atoms with van der Waals surface area (Å²) in [6.07, 6.45) is 9.11. The number of amides is 1. The molecule has 1 aromatic heterocycles. The lowest BCUT2D eigenvalue weighted by molar-refractivity contribution is 0.226. The maximum absolute atomic E-state index is 12.3. The lowest BCUT2D eigenvalue weighted by atomic mass is 9.88. The molecule has 1 aliphatic carbocycles. The van der Waals surface area contributed by atoms with Crippen LogP contribution >= 0.6 is 0 Å². The molecule has 1 N–H and O–H groups in total. The number of benzene rings is 1. The number of imidazole rings is 1. The van der Waals surface area contributed by atoms with Gasteiger partial charge in [0.15, 0.2) is 0 Å². The molecule has 1 aromatic carbocycles. The largest absolute Gasteiger partial charge is 0.328 e. The minimum absolute atomic E-state index is 0.108. The van der Waals surface area contributed by atoms with E-state index in [4.69, 9.17) is 0 Å². The Balaban J connectivity index is 1.88. The molecule has 19 heavy (non-hydrogen) atoms. The molecule has 0 spiro atoms. The fraction of sp³-hybridized carbons (Fsp3) is 0.333. The van der Waals surface area contributed by atoms with Crippen molar-refractivity contribution in [1.29, 1.82) is 0 Å². The molecule has 1 amide bonds. The normalized spacial score (nSPS) is 17.3. The monoisotopic (exact) mass is 255 g/mol. The molecule has 0 aliphatic heterocycles. The highest BCUT2D eigenvalue weighted by Crippen LogP contribution is 2.38. The number of carbonyl (C=O) groups excluding carboxylic acids is 1. The van der Waals surface area contributed by atoms with E-state index in [1.54, 1.807) is 12.4 Å². The molecule has 98 valence electrons. The summed E-state index contributed by atoms with van der Waals surface area (Å²) < 4.78 is 1.49. The van der Waals surface area contributed by atoms with Crippen LogP contribution < -0.4 is 5.32 Å². The molecule has 1 heterocycles. The van der Waals surface area contributed by atoms with Gasteiger partial charge < -0.3 is 5.32 Å². The van der Waals surface area contributed by atoms with Gasteiger partial charge in [0.2, 0.25) is 0 Å². The van der Waals surface area contributed by atoms with Gasteiger partial charge in [-0.2, -0.15) is 0 Å². The highest BCUT2D eigenvalue weighted by Gasteiger charge is 2.37. The predicted octanol–water partition coefficient (Wildman–Crippen LogP) is 2.91. The fourth-order valence-corrected chi connectivity index (χ4v) is 2.87. The lowest BCUT2D eigenvalue weighted by Crippen LogP contribution is -2.45. The van der Waals surface area contributed by atoms with Crippen LogP contribution in [0.4, 0.5) is 4.79 Å². The Labute approximate surface area is 112 Å². The zero-order valence-corrected chi connectivity index (χ0v) is 10.7. The van der Waals surface area contributed by atoms with Crippen molar-refractivity contribution < 1.29 is 4.79 Å². The minimum Gasteiger partial charge on any atom is -0.328 e. The molecule has 4 nitrogen and oxygen atoms in total. The topological polar surface area (TPSA) is 46.9 Å². The maximum Gasteiger partial charge on any atom is 0.327 e. The van der Waals surface area contributed by atoms with Crippen LogP contribution in [-0.4, -0.2) is 15.6 Å². The van der Waals surface area contributed by atoms with E-state index >= 15 is 0 Å². The first-order valence-electron chi connectivity index (χ1n) is 6.66. The van der Waals surface area contributed by atoms with Crippen molar-refractivity contribution >= 4 is 6.03 Å². The third-order valence-electron chi connectivity index (χ3n) is 3.87. The van der Waals surface area contributed by atoms with E-state index in [1.807, 2.05) is 18.2 Å². The van der Waals surface area contributed by atoms with Gasteiger partial charge in [-0.15, -0.1) is 0 Å². The number of carbonyl (C=O) groups is 1. The fourth-order valence-electron chi connectivity index (χ4n) is 2.87. The van der Waals surface area contributed by atoms with Crippen LogP contribution in [0.25, 0.3) is 0 Å². The molecule has 0 unspecified atom stereocenters. The van der Waals surface area contributed by atoms with Crippen molar-refractivity contribution in [3.05, 3.63) is 54.6 Å². The third-order valence-corrected chi connectivity index (χ3v) is 3.87. The molecular formula is C15H17N3O. The van der Waals surface area contributed by atoms with Gasteiger partial charge in [0.25, 0.3) is 0 Å². The van der Waals surface area contributed by atoms with E-state index in [1.165, 1.54) is 16.5 Å². The number of hydrogen-bond acceptors (Lipinski definition) is 2. The van der Waals surface area contributed by atoms with Crippen molar-refractivity contribution in [1.82, 2.24) is 14.9 Å². The summed E-state index contributed by atoms with van der Waals surface area (Å²) in [4.78, 5) is 16.2. The zero-order valence-electron chi connectivity index (χ0n) is 10.7. The van der Waals surface area contributed by atoms with Crippen LogP contribution in [0.3, 0.4) is 0 Å². The highest BCUT2D eigenvalue weighted by atomic mass is 16.2. The van der Waals surface area contributed by atoms with Gasteiger partial charge in [-0.25, -0.2) is 9.78 Å².